The highest BCUT2D eigenvalue weighted by Crippen LogP contribution is 2.26. The molecular weight excluding hydrogens is 346 g/mol. The first-order valence-electron chi connectivity index (χ1n) is 5.54. The number of anilines is 1. The Kier molecular flexibility index (Phi) is 3.42. The van der Waals surface area contributed by atoms with Crippen molar-refractivity contribution in [2.75, 3.05) is 11.9 Å². The minimum Gasteiger partial charge on any atom is -0.353 e. The molecule has 0 amide bonds. The van der Waals surface area contributed by atoms with Crippen LogP contribution in [0.2, 0.25) is 0 Å². The molecule has 0 aliphatic carbocycles. The number of nitrogens with zero attached hydrogens (tertiary/aromatic N) is 3. The van der Waals surface area contributed by atoms with Gasteiger partial charge in [0.15, 0.2) is 17.1 Å². The summed E-state index contributed by atoms with van der Waals surface area (Å²) in [6.45, 7) is 0.730. The fraction of sp³-hybridized carbons (Fsp3) is 0.167. The number of fused-ring (bicyclic) bond motifs is 1. The van der Waals surface area contributed by atoms with Gasteiger partial charge in [0.1, 0.15) is 5.69 Å². The van der Waals surface area contributed by atoms with Crippen molar-refractivity contribution in [3.05, 3.63) is 38.1 Å². The number of thiophene rings is 1. The lowest BCUT2D eigenvalue weighted by atomic mass is 10.3. The van der Waals surface area contributed by atoms with Gasteiger partial charge < -0.3 is 4.90 Å². The molecule has 0 saturated heterocycles. The third-order valence-corrected chi connectivity index (χ3v) is 5.10. The van der Waals surface area contributed by atoms with Crippen molar-refractivity contribution in [1.29, 1.82) is 0 Å². The summed E-state index contributed by atoms with van der Waals surface area (Å²) >= 11 is 6.64. The predicted molar refractivity (Wildman–Crippen MR) is 82.6 cm³/mol. The van der Waals surface area contributed by atoms with E-state index in [4.69, 9.17) is 0 Å². The minimum absolute atomic E-state index is 0.605. The first-order chi connectivity index (χ1) is 9.19. The average molecular weight is 356 g/mol. The fourth-order valence-corrected chi connectivity index (χ4v) is 3.88. The molecule has 98 valence electrons. The number of rotatable bonds is 4. The van der Waals surface area contributed by atoms with Gasteiger partial charge >= 0.3 is 0 Å². The largest absolute Gasteiger partial charge is 0.353 e. The number of hydrogen-bond donors (Lipinski definition) is 0. The molecule has 0 N–H and O–H groups in total. The van der Waals surface area contributed by atoms with Crippen LogP contribution in [0.15, 0.2) is 26.8 Å². The van der Waals surface area contributed by atoms with Gasteiger partial charge in [-0.05, 0) is 32.9 Å². The number of halogens is 1. The van der Waals surface area contributed by atoms with E-state index < -0.39 is 0 Å². The van der Waals surface area contributed by atoms with Crippen LogP contribution >= 0.6 is 38.6 Å². The van der Waals surface area contributed by atoms with Crippen LogP contribution in [-0.4, -0.2) is 22.7 Å². The van der Waals surface area contributed by atoms with Crippen LogP contribution in [0.4, 0.5) is 5.82 Å². The third kappa shape index (κ3) is 2.33. The molecule has 3 aromatic rings. The molecule has 3 aromatic heterocycles. The summed E-state index contributed by atoms with van der Waals surface area (Å²) in [5.41, 5.74) is 1.81. The Hall–Kier alpha value is -1.18. The van der Waals surface area contributed by atoms with Gasteiger partial charge in [0.25, 0.3) is 0 Å². The van der Waals surface area contributed by atoms with Crippen LogP contribution in [0.1, 0.15) is 16.1 Å². The monoisotopic (exact) mass is 355 g/mol. The number of aldehydes is 1. The predicted octanol–water partition coefficient (Wildman–Crippen LogP) is 3.67. The molecule has 0 saturated carbocycles. The van der Waals surface area contributed by atoms with Gasteiger partial charge in [0.05, 0.1) is 3.79 Å². The van der Waals surface area contributed by atoms with Crippen LogP contribution in [0, 0.1) is 0 Å². The van der Waals surface area contributed by atoms with E-state index in [9.17, 15) is 4.79 Å². The number of hydrogen-bond acceptors (Lipinski definition) is 5. The number of carbonyl (C=O) groups excluding carboxylic acids is 1. The SMILES string of the molecule is CN(Cc1csc(Br)c1)c1nc2sccn2c1C=O. The lowest BCUT2D eigenvalue weighted by Gasteiger charge is -2.16. The Morgan fingerprint density at radius 1 is 1.53 bits per heavy atom. The molecule has 0 radical (unpaired) electrons. The molecule has 3 rings (SSSR count). The summed E-state index contributed by atoms with van der Waals surface area (Å²) in [5.74, 6) is 0.726. The van der Waals surface area contributed by atoms with Gasteiger partial charge in [-0.2, -0.15) is 0 Å². The molecule has 3 heterocycles. The highest BCUT2D eigenvalue weighted by Gasteiger charge is 2.16. The standard InChI is InChI=1S/C12H10BrN3OS2/c1-15(5-8-4-10(13)19-7-8)11-9(6-17)16-2-3-18-12(16)14-11/h2-4,6-7H,5H2,1H3. The summed E-state index contributed by atoms with van der Waals surface area (Å²) in [4.78, 5) is 18.6. The second-order valence-corrected chi connectivity index (χ2v) is 7.27. The van der Waals surface area contributed by atoms with Gasteiger partial charge in [-0.15, -0.1) is 22.7 Å². The molecule has 0 atom stereocenters. The van der Waals surface area contributed by atoms with Crippen molar-refractivity contribution < 1.29 is 4.79 Å². The van der Waals surface area contributed by atoms with Crippen LogP contribution < -0.4 is 4.90 Å². The Balaban J connectivity index is 1.94. The number of imidazole rings is 1. The first-order valence-corrected chi connectivity index (χ1v) is 8.09. The quantitative estimate of drug-likeness (QED) is 0.670. The van der Waals surface area contributed by atoms with Crippen molar-refractivity contribution in [1.82, 2.24) is 9.38 Å². The van der Waals surface area contributed by atoms with Crippen molar-refractivity contribution >= 4 is 55.7 Å². The molecule has 7 heteroatoms. The van der Waals surface area contributed by atoms with Crippen LogP contribution in [0.3, 0.4) is 0 Å². The molecule has 0 fully saturated rings. The second kappa shape index (κ2) is 5.07. The molecule has 0 bridgehead atoms. The van der Waals surface area contributed by atoms with E-state index in [0.29, 0.717) is 5.69 Å². The van der Waals surface area contributed by atoms with E-state index in [1.54, 1.807) is 11.3 Å². The Bertz CT molecular complexity index is 730. The normalized spacial score (nSPS) is 11.1. The molecule has 0 unspecified atom stereocenters. The van der Waals surface area contributed by atoms with Crippen molar-refractivity contribution in [2.45, 2.75) is 6.54 Å². The molecule has 0 spiro atoms. The van der Waals surface area contributed by atoms with Crippen molar-refractivity contribution in [3.63, 3.8) is 0 Å². The molecule has 0 aromatic carbocycles. The smallest absolute Gasteiger partial charge is 0.196 e. The average Bonchev–Trinajstić information content (AvgIpc) is 3.03. The summed E-state index contributed by atoms with van der Waals surface area (Å²) in [6, 6.07) is 2.08. The maximum atomic E-state index is 11.3. The summed E-state index contributed by atoms with van der Waals surface area (Å²) in [7, 11) is 1.95. The van der Waals surface area contributed by atoms with Crippen LogP contribution in [0.25, 0.3) is 4.96 Å². The van der Waals surface area contributed by atoms with Gasteiger partial charge in [-0.3, -0.25) is 9.20 Å². The number of thiazole rings is 1. The van der Waals surface area contributed by atoms with Crippen LogP contribution in [-0.2, 0) is 6.54 Å². The fourth-order valence-electron chi connectivity index (χ4n) is 1.96. The van der Waals surface area contributed by atoms with E-state index in [1.165, 1.54) is 16.9 Å². The lowest BCUT2D eigenvalue weighted by molar-refractivity contribution is 0.111. The molecule has 4 nitrogen and oxygen atoms in total. The van der Waals surface area contributed by atoms with Crippen molar-refractivity contribution in [3.8, 4) is 0 Å². The summed E-state index contributed by atoms with van der Waals surface area (Å²) in [5, 5.41) is 4.02. The summed E-state index contributed by atoms with van der Waals surface area (Å²) < 4.78 is 2.94. The molecule has 0 aliphatic rings. The molecular formula is C12H10BrN3OS2. The van der Waals surface area contributed by atoms with E-state index in [1.807, 2.05) is 27.9 Å². The van der Waals surface area contributed by atoms with E-state index in [2.05, 4.69) is 32.4 Å². The number of aromatic nitrogens is 2. The van der Waals surface area contributed by atoms with Gasteiger partial charge in [-0.25, -0.2) is 4.98 Å². The van der Waals surface area contributed by atoms with Crippen molar-refractivity contribution in [2.24, 2.45) is 0 Å². The number of carbonyl (C=O) groups is 1. The van der Waals surface area contributed by atoms with Gasteiger partial charge in [-0.1, -0.05) is 0 Å². The Morgan fingerprint density at radius 3 is 3.05 bits per heavy atom. The Morgan fingerprint density at radius 2 is 2.37 bits per heavy atom. The zero-order valence-corrected chi connectivity index (χ0v) is 13.3. The maximum Gasteiger partial charge on any atom is 0.196 e. The van der Waals surface area contributed by atoms with E-state index >= 15 is 0 Å². The van der Waals surface area contributed by atoms with Crippen LogP contribution in [0.5, 0.6) is 0 Å². The first kappa shape index (κ1) is 12.8. The molecule has 0 aliphatic heterocycles. The third-order valence-electron chi connectivity index (χ3n) is 2.79. The van der Waals surface area contributed by atoms with E-state index in [0.717, 1.165) is 27.4 Å². The van der Waals surface area contributed by atoms with E-state index in [-0.39, 0.29) is 0 Å². The lowest BCUT2D eigenvalue weighted by Crippen LogP contribution is -2.18. The topological polar surface area (TPSA) is 37.6 Å². The Labute approximate surface area is 126 Å². The highest BCUT2D eigenvalue weighted by atomic mass is 79.9. The second-order valence-electron chi connectivity index (χ2n) is 4.11. The minimum atomic E-state index is 0.605. The zero-order chi connectivity index (χ0) is 13.4. The van der Waals surface area contributed by atoms with Gasteiger partial charge in [0, 0.05) is 25.2 Å². The zero-order valence-electron chi connectivity index (χ0n) is 10.0. The highest BCUT2D eigenvalue weighted by molar-refractivity contribution is 9.11. The molecule has 19 heavy (non-hydrogen) atoms. The summed E-state index contributed by atoms with van der Waals surface area (Å²) in [6.07, 6.45) is 2.73. The van der Waals surface area contributed by atoms with Gasteiger partial charge in [0.2, 0.25) is 0 Å². The maximum absolute atomic E-state index is 11.3.